The van der Waals surface area contributed by atoms with Gasteiger partial charge in [-0.2, -0.15) is 0 Å². The van der Waals surface area contributed by atoms with E-state index in [0.717, 1.165) is 12.1 Å². The Bertz CT molecular complexity index is 512. The third kappa shape index (κ3) is 3.30. The Labute approximate surface area is 109 Å². The van der Waals surface area contributed by atoms with E-state index in [1.165, 1.54) is 11.1 Å². The van der Waals surface area contributed by atoms with Gasteiger partial charge >= 0.3 is 0 Å². The molecule has 2 rings (SSSR count). The van der Waals surface area contributed by atoms with Crippen LogP contribution < -0.4 is 0 Å². The predicted molar refractivity (Wildman–Crippen MR) is 78.8 cm³/mol. The topological polar surface area (TPSA) is 12.4 Å². The third-order valence-electron chi connectivity index (χ3n) is 2.96. The Morgan fingerprint density at radius 3 is 2.33 bits per heavy atom. The number of rotatable bonds is 4. The van der Waals surface area contributed by atoms with Gasteiger partial charge in [0.2, 0.25) is 0 Å². The van der Waals surface area contributed by atoms with Gasteiger partial charge in [-0.05, 0) is 23.1 Å². The van der Waals surface area contributed by atoms with Gasteiger partial charge in [0, 0.05) is 12.6 Å². The molecule has 0 radical (unpaired) electrons. The second-order valence-electron chi connectivity index (χ2n) is 4.71. The number of aliphatic imine (C=N–C) groups is 1. The highest BCUT2D eigenvalue weighted by molar-refractivity contribution is 5.67. The molecule has 0 unspecified atom stereocenters. The summed E-state index contributed by atoms with van der Waals surface area (Å²) >= 11 is 0. The fourth-order valence-corrected chi connectivity index (χ4v) is 1.96. The zero-order chi connectivity index (χ0) is 12.8. The van der Waals surface area contributed by atoms with Crippen LogP contribution in [0.4, 0.5) is 5.69 Å². The fourth-order valence-electron chi connectivity index (χ4n) is 1.96. The molecular formula is C17H19N. The molecular weight excluding hydrogens is 218 g/mol. The van der Waals surface area contributed by atoms with E-state index in [4.69, 9.17) is 0 Å². The first kappa shape index (κ1) is 12.6. The maximum absolute atomic E-state index is 4.60. The van der Waals surface area contributed by atoms with Crippen molar-refractivity contribution in [3.8, 4) is 0 Å². The first-order valence-electron chi connectivity index (χ1n) is 6.43. The molecule has 0 aromatic heterocycles. The molecule has 0 amide bonds. The minimum Gasteiger partial charge on any atom is -0.261 e. The van der Waals surface area contributed by atoms with E-state index in [1.54, 1.807) is 0 Å². The average molecular weight is 237 g/mol. The summed E-state index contributed by atoms with van der Waals surface area (Å²) in [5.41, 5.74) is 3.69. The highest BCUT2D eigenvalue weighted by Crippen LogP contribution is 2.25. The second-order valence-corrected chi connectivity index (χ2v) is 4.71. The molecule has 0 aliphatic heterocycles. The zero-order valence-electron chi connectivity index (χ0n) is 11.0. The van der Waals surface area contributed by atoms with E-state index < -0.39 is 0 Å². The van der Waals surface area contributed by atoms with Crippen LogP contribution in [0, 0.1) is 0 Å². The first-order chi connectivity index (χ1) is 8.77. The molecule has 2 aromatic carbocycles. The van der Waals surface area contributed by atoms with E-state index >= 15 is 0 Å². The second kappa shape index (κ2) is 6.15. The van der Waals surface area contributed by atoms with Crippen LogP contribution in [0.25, 0.3) is 0 Å². The summed E-state index contributed by atoms with van der Waals surface area (Å²) in [5.74, 6) is 0.509. The molecule has 1 heteroatoms. The Balaban J connectivity index is 2.10. The molecule has 1 nitrogen and oxygen atoms in total. The third-order valence-corrected chi connectivity index (χ3v) is 2.96. The highest BCUT2D eigenvalue weighted by Gasteiger charge is 2.03. The number of benzene rings is 2. The van der Waals surface area contributed by atoms with Gasteiger partial charge in [0.05, 0.1) is 5.69 Å². The molecule has 0 aliphatic carbocycles. The van der Waals surface area contributed by atoms with Gasteiger partial charge in [0.25, 0.3) is 0 Å². The molecule has 2 aromatic rings. The Kier molecular flexibility index (Phi) is 4.30. The Morgan fingerprint density at radius 1 is 0.944 bits per heavy atom. The fraction of sp³-hybridized carbons (Fsp3) is 0.235. The summed E-state index contributed by atoms with van der Waals surface area (Å²) in [4.78, 5) is 4.60. The molecule has 18 heavy (non-hydrogen) atoms. The number of para-hydroxylation sites is 1. The molecule has 92 valence electrons. The lowest BCUT2D eigenvalue weighted by Crippen LogP contribution is -1.89. The standard InChI is InChI=1S/C17H19N/c1-14(2)16-10-6-7-11-17(16)18-13-12-15-8-4-3-5-9-15/h3-11,13-14H,12H2,1-2H3. The van der Waals surface area contributed by atoms with Crippen molar-refractivity contribution >= 4 is 11.9 Å². The van der Waals surface area contributed by atoms with Crippen molar-refractivity contribution < 1.29 is 0 Å². The van der Waals surface area contributed by atoms with Gasteiger partial charge in [-0.25, -0.2) is 0 Å². The van der Waals surface area contributed by atoms with Crippen LogP contribution in [0.3, 0.4) is 0 Å². The van der Waals surface area contributed by atoms with Crippen LogP contribution in [0.2, 0.25) is 0 Å². The Morgan fingerprint density at radius 2 is 1.61 bits per heavy atom. The zero-order valence-corrected chi connectivity index (χ0v) is 11.0. The van der Waals surface area contributed by atoms with Crippen molar-refractivity contribution in [2.24, 2.45) is 4.99 Å². The van der Waals surface area contributed by atoms with E-state index in [0.29, 0.717) is 5.92 Å². The van der Waals surface area contributed by atoms with Gasteiger partial charge in [-0.15, -0.1) is 0 Å². The van der Waals surface area contributed by atoms with E-state index in [-0.39, 0.29) is 0 Å². The van der Waals surface area contributed by atoms with Crippen molar-refractivity contribution in [2.45, 2.75) is 26.2 Å². The van der Waals surface area contributed by atoms with Gasteiger partial charge in [0.15, 0.2) is 0 Å². The first-order valence-corrected chi connectivity index (χ1v) is 6.43. The molecule has 0 heterocycles. The van der Waals surface area contributed by atoms with Crippen molar-refractivity contribution in [3.05, 3.63) is 65.7 Å². The SMILES string of the molecule is CC(C)c1ccccc1N=CCc1ccccc1. The van der Waals surface area contributed by atoms with Crippen LogP contribution in [0.5, 0.6) is 0 Å². The van der Waals surface area contributed by atoms with Crippen LogP contribution in [-0.4, -0.2) is 6.21 Å². The summed E-state index contributed by atoms with van der Waals surface area (Å²) in [6, 6.07) is 18.8. The van der Waals surface area contributed by atoms with Gasteiger partial charge in [-0.1, -0.05) is 62.4 Å². The van der Waals surface area contributed by atoms with E-state index in [2.05, 4.69) is 61.3 Å². The number of hydrogen-bond donors (Lipinski definition) is 0. The maximum atomic E-state index is 4.60. The molecule has 0 bridgehead atoms. The maximum Gasteiger partial charge on any atom is 0.0660 e. The molecule has 0 spiro atoms. The smallest absolute Gasteiger partial charge is 0.0660 e. The van der Waals surface area contributed by atoms with Crippen molar-refractivity contribution in [2.75, 3.05) is 0 Å². The molecule has 0 aliphatic rings. The Hall–Kier alpha value is -1.89. The highest BCUT2D eigenvalue weighted by atomic mass is 14.7. The molecule has 0 saturated carbocycles. The van der Waals surface area contributed by atoms with Crippen LogP contribution in [0.15, 0.2) is 59.6 Å². The minimum absolute atomic E-state index is 0.509. The normalized spacial score (nSPS) is 11.3. The lowest BCUT2D eigenvalue weighted by molar-refractivity contribution is 0.867. The average Bonchev–Trinajstić information content (AvgIpc) is 2.40. The summed E-state index contributed by atoms with van der Waals surface area (Å²) in [5, 5.41) is 0. The summed E-state index contributed by atoms with van der Waals surface area (Å²) < 4.78 is 0. The molecule has 0 N–H and O–H groups in total. The monoisotopic (exact) mass is 237 g/mol. The summed E-state index contributed by atoms with van der Waals surface area (Å²) in [6.07, 6.45) is 2.88. The lowest BCUT2D eigenvalue weighted by Gasteiger charge is -2.08. The van der Waals surface area contributed by atoms with Crippen molar-refractivity contribution in [1.29, 1.82) is 0 Å². The quantitative estimate of drug-likeness (QED) is 0.680. The van der Waals surface area contributed by atoms with Gasteiger partial charge in [0.1, 0.15) is 0 Å². The van der Waals surface area contributed by atoms with Crippen LogP contribution >= 0.6 is 0 Å². The van der Waals surface area contributed by atoms with Crippen LogP contribution in [-0.2, 0) is 6.42 Å². The van der Waals surface area contributed by atoms with E-state index in [9.17, 15) is 0 Å². The molecule has 0 atom stereocenters. The minimum atomic E-state index is 0.509. The van der Waals surface area contributed by atoms with Crippen molar-refractivity contribution in [3.63, 3.8) is 0 Å². The lowest BCUT2D eigenvalue weighted by atomic mass is 10.0. The van der Waals surface area contributed by atoms with Crippen LogP contribution in [0.1, 0.15) is 30.9 Å². The predicted octanol–water partition coefficient (Wildman–Crippen LogP) is 4.76. The largest absolute Gasteiger partial charge is 0.261 e. The van der Waals surface area contributed by atoms with E-state index in [1.807, 2.05) is 18.3 Å². The van der Waals surface area contributed by atoms with Gasteiger partial charge < -0.3 is 0 Å². The number of hydrogen-bond acceptors (Lipinski definition) is 1. The van der Waals surface area contributed by atoms with Gasteiger partial charge in [-0.3, -0.25) is 4.99 Å². The summed E-state index contributed by atoms with van der Waals surface area (Å²) in [6.45, 7) is 4.40. The number of nitrogens with zero attached hydrogens (tertiary/aromatic N) is 1. The molecule has 0 fully saturated rings. The molecule has 0 saturated heterocycles. The summed E-state index contributed by atoms with van der Waals surface area (Å²) in [7, 11) is 0. The van der Waals surface area contributed by atoms with Crippen molar-refractivity contribution in [1.82, 2.24) is 0 Å².